The summed E-state index contributed by atoms with van der Waals surface area (Å²) < 4.78 is 20.9. The minimum atomic E-state index is -2.01. The van der Waals surface area contributed by atoms with Gasteiger partial charge in [0.1, 0.15) is 0 Å². The van der Waals surface area contributed by atoms with Crippen LogP contribution in [0, 0.1) is 28.6 Å². The lowest BCUT2D eigenvalue weighted by atomic mass is 9.45. The van der Waals surface area contributed by atoms with E-state index in [0.717, 1.165) is 0 Å². The first-order chi connectivity index (χ1) is 16.3. The van der Waals surface area contributed by atoms with E-state index in [-0.39, 0.29) is 17.6 Å². The Morgan fingerprint density at radius 2 is 1.43 bits per heavy atom. The zero-order chi connectivity index (χ0) is 25.6. The highest BCUT2D eigenvalue weighted by Crippen LogP contribution is 2.68. The second-order valence-corrected chi connectivity index (χ2v) is 19.9. The normalized spacial score (nSPS) is 42.4. The van der Waals surface area contributed by atoms with Crippen LogP contribution >= 0.6 is 0 Å². The van der Waals surface area contributed by atoms with Gasteiger partial charge in [-0.2, -0.15) is 0 Å². The molecule has 4 heteroatoms. The van der Waals surface area contributed by atoms with E-state index in [2.05, 4.69) is 81.4 Å². The van der Waals surface area contributed by atoms with Crippen molar-refractivity contribution in [2.75, 3.05) is 0 Å². The van der Waals surface area contributed by atoms with Crippen molar-refractivity contribution in [3.05, 3.63) is 23.5 Å². The Morgan fingerprint density at radius 1 is 0.800 bits per heavy atom. The first-order valence-electron chi connectivity index (χ1n) is 14.8. The Kier molecular flexibility index (Phi) is 6.30. The summed E-state index contributed by atoms with van der Waals surface area (Å²) >= 11 is 0. The Morgan fingerprint density at radius 3 is 2.06 bits per heavy atom. The molecule has 3 unspecified atom stereocenters. The highest BCUT2D eigenvalue weighted by Gasteiger charge is 2.66. The molecule has 198 valence electrons. The van der Waals surface area contributed by atoms with Crippen molar-refractivity contribution in [3.8, 4) is 0 Å². The molecule has 0 N–H and O–H groups in total. The van der Waals surface area contributed by atoms with E-state index in [4.69, 9.17) is 13.9 Å². The molecular weight excluding hydrogens is 448 g/mol. The van der Waals surface area contributed by atoms with Crippen molar-refractivity contribution in [2.24, 2.45) is 28.6 Å². The summed E-state index contributed by atoms with van der Waals surface area (Å²) in [4.78, 5) is 0. The monoisotopic (exact) mass is 500 g/mol. The Balaban J connectivity index is 1.51. The molecule has 5 rings (SSSR count). The fraction of sp³-hybridized carbons (Fsp3) is 0.871. The predicted molar refractivity (Wildman–Crippen MR) is 147 cm³/mol. The van der Waals surface area contributed by atoms with Crippen LogP contribution in [0.25, 0.3) is 0 Å². The lowest BCUT2D eigenvalue weighted by Gasteiger charge is -2.61. The van der Waals surface area contributed by atoms with Crippen LogP contribution in [-0.4, -0.2) is 26.3 Å². The molecule has 4 aliphatic carbocycles. The molecule has 7 atom stereocenters. The van der Waals surface area contributed by atoms with Crippen LogP contribution in [0.2, 0.25) is 16.6 Å². The van der Waals surface area contributed by atoms with E-state index in [1.54, 1.807) is 5.57 Å². The summed E-state index contributed by atoms with van der Waals surface area (Å²) in [5, 5.41) is 0. The van der Waals surface area contributed by atoms with Gasteiger partial charge >= 0.3 is 0 Å². The number of allylic oxidation sites excluding steroid dienone is 3. The van der Waals surface area contributed by atoms with Gasteiger partial charge in [0.2, 0.25) is 0 Å². The van der Waals surface area contributed by atoms with E-state index in [0.29, 0.717) is 39.8 Å². The number of hydrogen-bond acceptors (Lipinski definition) is 3. The van der Waals surface area contributed by atoms with E-state index in [9.17, 15) is 0 Å². The van der Waals surface area contributed by atoms with Gasteiger partial charge in [0.05, 0.1) is 18.0 Å². The van der Waals surface area contributed by atoms with Gasteiger partial charge in [-0.1, -0.05) is 73.0 Å². The smallest absolute Gasteiger partial charge is 0.258 e. The molecule has 0 amide bonds. The van der Waals surface area contributed by atoms with Crippen LogP contribution in [0.4, 0.5) is 0 Å². The van der Waals surface area contributed by atoms with Crippen molar-refractivity contribution in [2.45, 2.75) is 142 Å². The van der Waals surface area contributed by atoms with Gasteiger partial charge in [0.25, 0.3) is 8.32 Å². The number of ether oxygens (including phenoxy) is 2. The lowest BCUT2D eigenvalue weighted by Crippen LogP contribution is -2.60. The molecule has 0 bridgehead atoms. The molecule has 0 aromatic heterocycles. The molecule has 35 heavy (non-hydrogen) atoms. The predicted octanol–water partition coefficient (Wildman–Crippen LogP) is 8.77. The number of fused-ring (bicyclic) bond motifs is 8. The summed E-state index contributed by atoms with van der Waals surface area (Å²) in [6.07, 6.45) is 13.1. The second kappa shape index (κ2) is 8.46. The highest BCUT2D eigenvalue weighted by atomic mass is 28.4. The van der Waals surface area contributed by atoms with Crippen molar-refractivity contribution in [1.82, 2.24) is 0 Å². The molecule has 0 aromatic rings. The summed E-state index contributed by atoms with van der Waals surface area (Å²) in [5.41, 5.74) is 3.69. The van der Waals surface area contributed by atoms with Gasteiger partial charge in [0, 0.05) is 11.3 Å². The van der Waals surface area contributed by atoms with Gasteiger partial charge in [-0.3, -0.25) is 0 Å². The molecule has 0 spiro atoms. The largest absolute Gasteiger partial charge is 0.545 e. The maximum Gasteiger partial charge on any atom is 0.258 e. The molecule has 1 saturated heterocycles. The zero-order valence-corrected chi connectivity index (χ0v) is 25.2. The fourth-order valence-corrected chi connectivity index (χ4v) is 15.3. The summed E-state index contributed by atoms with van der Waals surface area (Å²) in [5.74, 6) is 2.52. The third-order valence-electron chi connectivity index (χ3n) is 11.4. The Hall–Kier alpha value is -0.583. The molecule has 0 radical (unpaired) electrons. The van der Waals surface area contributed by atoms with Gasteiger partial charge in [0.15, 0.2) is 5.79 Å². The molecule has 4 fully saturated rings. The maximum atomic E-state index is 7.40. The maximum absolute atomic E-state index is 7.40. The molecule has 3 nitrogen and oxygen atoms in total. The van der Waals surface area contributed by atoms with E-state index >= 15 is 0 Å². The summed E-state index contributed by atoms with van der Waals surface area (Å²) in [6, 6.07) is 0. The quantitative estimate of drug-likeness (QED) is 0.353. The van der Waals surface area contributed by atoms with Gasteiger partial charge in [-0.25, -0.2) is 0 Å². The minimum Gasteiger partial charge on any atom is -0.545 e. The van der Waals surface area contributed by atoms with Crippen LogP contribution < -0.4 is 0 Å². The molecule has 5 aliphatic rings. The van der Waals surface area contributed by atoms with Gasteiger partial charge in [-0.05, 0) is 86.4 Å². The molecule has 1 heterocycles. The van der Waals surface area contributed by atoms with Crippen molar-refractivity contribution >= 4 is 8.32 Å². The SMILES string of the molecule is CC(C)[Si](OC1=CC=C2C3C(CC[C@]12C)[C@@]1(C)CCCCC1[C@H]1OC(C)(C)O[C@H]31)(C(C)C)C(C)C. The van der Waals surface area contributed by atoms with Crippen LogP contribution in [0.1, 0.15) is 108 Å². The minimum absolute atomic E-state index is 0.00338. The molecule has 1 aliphatic heterocycles. The summed E-state index contributed by atoms with van der Waals surface area (Å²) in [6.45, 7) is 23.8. The number of hydrogen-bond donors (Lipinski definition) is 0. The average molecular weight is 501 g/mol. The van der Waals surface area contributed by atoms with Crippen LogP contribution in [0.15, 0.2) is 23.5 Å². The molecular formula is C31H52O3Si. The van der Waals surface area contributed by atoms with Gasteiger partial charge < -0.3 is 13.9 Å². The summed E-state index contributed by atoms with van der Waals surface area (Å²) in [7, 11) is -2.01. The van der Waals surface area contributed by atoms with E-state index in [1.807, 2.05) is 0 Å². The second-order valence-electron chi connectivity index (χ2n) is 14.5. The molecule has 3 saturated carbocycles. The first-order valence-corrected chi connectivity index (χ1v) is 16.9. The lowest BCUT2D eigenvalue weighted by molar-refractivity contribution is -0.154. The topological polar surface area (TPSA) is 27.7 Å². The highest BCUT2D eigenvalue weighted by molar-refractivity contribution is 6.77. The number of rotatable bonds is 5. The van der Waals surface area contributed by atoms with Crippen LogP contribution in [0.3, 0.4) is 0 Å². The van der Waals surface area contributed by atoms with E-state index < -0.39 is 14.1 Å². The van der Waals surface area contributed by atoms with Crippen molar-refractivity contribution in [1.29, 1.82) is 0 Å². The Bertz CT molecular complexity index is 879. The first kappa shape index (κ1) is 26.0. The van der Waals surface area contributed by atoms with Crippen LogP contribution in [-0.2, 0) is 13.9 Å². The third kappa shape index (κ3) is 3.62. The average Bonchev–Trinajstić information content (AvgIpc) is 3.26. The Labute approximate surface area is 216 Å². The van der Waals surface area contributed by atoms with Crippen molar-refractivity contribution in [3.63, 3.8) is 0 Å². The fourth-order valence-electron chi connectivity index (χ4n) is 9.89. The van der Waals surface area contributed by atoms with Crippen molar-refractivity contribution < 1.29 is 13.9 Å². The van der Waals surface area contributed by atoms with E-state index in [1.165, 1.54) is 44.3 Å². The zero-order valence-electron chi connectivity index (χ0n) is 24.2. The van der Waals surface area contributed by atoms with Crippen LogP contribution in [0.5, 0.6) is 0 Å². The standard InChI is InChI=1S/C31H52O3Si/c1-19(2)35(20(3)4,21(5)6)34-25-15-14-22-26-23(16-18-31(22,25)10)30(9)17-12-11-13-24(30)27-28(26)33-29(7,8)32-27/h14-15,19-21,23-24,26-28H,11-13,16-18H2,1-10H3/t23?,24?,26?,27-,28-,30-,31+/m1/s1. The van der Waals surface area contributed by atoms with Gasteiger partial charge in [-0.15, -0.1) is 0 Å². The third-order valence-corrected chi connectivity index (χ3v) is 17.4. The molecule has 0 aromatic carbocycles.